The Kier molecular flexibility index (Phi) is 6.35. The largest absolute Gasteiger partial charge is 0.397 e. The number of carbonyl (C=O) groups is 1. The lowest BCUT2D eigenvalue weighted by molar-refractivity contribution is -0.111. The summed E-state index contributed by atoms with van der Waals surface area (Å²) in [5, 5.41) is 6.24. The van der Waals surface area contributed by atoms with Crippen LogP contribution >= 0.6 is 0 Å². The van der Waals surface area contributed by atoms with E-state index in [1.807, 2.05) is 36.4 Å². The summed E-state index contributed by atoms with van der Waals surface area (Å²) >= 11 is 0. The van der Waals surface area contributed by atoms with Gasteiger partial charge in [0.05, 0.1) is 11.4 Å². The van der Waals surface area contributed by atoms with Crippen molar-refractivity contribution in [2.75, 3.05) is 16.4 Å². The summed E-state index contributed by atoms with van der Waals surface area (Å²) in [4.78, 5) is 12.1. The van der Waals surface area contributed by atoms with E-state index in [1.165, 1.54) is 28.3 Å². The summed E-state index contributed by atoms with van der Waals surface area (Å²) in [6.45, 7) is 7.21. The van der Waals surface area contributed by atoms with Crippen molar-refractivity contribution in [1.29, 1.82) is 0 Å². The molecule has 0 saturated carbocycles. The molecule has 0 bridgehead atoms. The third kappa shape index (κ3) is 5.48. The van der Waals surface area contributed by atoms with E-state index >= 15 is 0 Å². The van der Waals surface area contributed by atoms with Crippen LogP contribution in [0.4, 0.5) is 17.1 Å². The fourth-order valence-corrected chi connectivity index (χ4v) is 3.08. The monoisotopic (exact) mass is 385 g/mol. The standard InChI is InChI=1S/C25H27N3O/c1-17-14-19(3)21(15-18(17)2)16-27-22-11-8-20(9-12-22)10-13-25(29)28-24-7-5-4-6-23(24)26/h4-15,27H,16,26H2,1-3H3,(H,28,29)/b13-10+. The fraction of sp³-hybridized carbons (Fsp3) is 0.160. The van der Waals surface area contributed by atoms with Gasteiger partial charge in [-0.25, -0.2) is 0 Å². The van der Waals surface area contributed by atoms with Crippen LogP contribution in [0, 0.1) is 20.8 Å². The van der Waals surface area contributed by atoms with Crippen LogP contribution in [0.25, 0.3) is 6.08 Å². The van der Waals surface area contributed by atoms with E-state index in [1.54, 1.807) is 18.2 Å². The highest BCUT2D eigenvalue weighted by atomic mass is 16.1. The molecule has 148 valence electrons. The Balaban J connectivity index is 1.57. The molecule has 4 N–H and O–H groups in total. The van der Waals surface area contributed by atoms with E-state index < -0.39 is 0 Å². The van der Waals surface area contributed by atoms with Gasteiger partial charge < -0.3 is 16.4 Å². The van der Waals surface area contributed by atoms with Crippen molar-refractivity contribution < 1.29 is 4.79 Å². The molecular weight excluding hydrogens is 358 g/mol. The molecule has 29 heavy (non-hydrogen) atoms. The Bertz CT molecular complexity index is 1040. The van der Waals surface area contributed by atoms with Gasteiger partial charge >= 0.3 is 0 Å². The number of anilines is 3. The summed E-state index contributed by atoms with van der Waals surface area (Å²) in [5.41, 5.74) is 14.2. The van der Waals surface area contributed by atoms with Gasteiger partial charge in [-0.3, -0.25) is 4.79 Å². The van der Waals surface area contributed by atoms with E-state index in [0.29, 0.717) is 11.4 Å². The van der Waals surface area contributed by atoms with Gasteiger partial charge in [-0.15, -0.1) is 0 Å². The Morgan fingerprint density at radius 2 is 1.62 bits per heavy atom. The predicted molar refractivity (Wildman–Crippen MR) is 123 cm³/mol. The SMILES string of the molecule is Cc1cc(C)c(CNc2ccc(/C=C/C(=O)Nc3ccccc3N)cc2)cc1C. The molecule has 1 amide bonds. The normalized spacial score (nSPS) is 10.9. The number of nitrogens with two attached hydrogens (primary N) is 1. The number of rotatable bonds is 6. The lowest BCUT2D eigenvalue weighted by atomic mass is 10.0. The number of nitrogens with one attached hydrogen (secondary N) is 2. The van der Waals surface area contributed by atoms with Crippen LogP contribution in [-0.4, -0.2) is 5.91 Å². The molecule has 0 aliphatic heterocycles. The maximum atomic E-state index is 12.1. The Morgan fingerprint density at radius 3 is 2.34 bits per heavy atom. The second-order valence-corrected chi connectivity index (χ2v) is 7.25. The molecule has 0 atom stereocenters. The summed E-state index contributed by atoms with van der Waals surface area (Å²) in [5.74, 6) is -0.213. The third-order valence-corrected chi connectivity index (χ3v) is 4.99. The van der Waals surface area contributed by atoms with Gasteiger partial charge in [-0.1, -0.05) is 36.4 Å². The zero-order valence-electron chi connectivity index (χ0n) is 17.1. The maximum Gasteiger partial charge on any atom is 0.248 e. The van der Waals surface area contributed by atoms with E-state index in [4.69, 9.17) is 5.73 Å². The van der Waals surface area contributed by atoms with Crippen molar-refractivity contribution in [3.05, 3.63) is 94.6 Å². The quantitative estimate of drug-likeness (QED) is 0.390. The van der Waals surface area contributed by atoms with Gasteiger partial charge in [0.2, 0.25) is 5.91 Å². The number of aryl methyl sites for hydroxylation is 3. The molecule has 0 radical (unpaired) electrons. The van der Waals surface area contributed by atoms with Crippen LogP contribution < -0.4 is 16.4 Å². The Morgan fingerprint density at radius 1 is 0.931 bits per heavy atom. The van der Waals surface area contributed by atoms with Crippen LogP contribution in [0.1, 0.15) is 27.8 Å². The van der Waals surface area contributed by atoms with E-state index in [-0.39, 0.29) is 5.91 Å². The van der Waals surface area contributed by atoms with Crippen LogP contribution in [-0.2, 0) is 11.3 Å². The second kappa shape index (κ2) is 9.11. The number of amides is 1. The number of nitrogen functional groups attached to an aromatic ring is 1. The van der Waals surface area contributed by atoms with Crippen molar-refractivity contribution in [3.8, 4) is 0 Å². The highest BCUT2D eigenvalue weighted by Crippen LogP contribution is 2.19. The summed E-state index contributed by atoms with van der Waals surface area (Å²) < 4.78 is 0. The zero-order chi connectivity index (χ0) is 20.8. The fourth-order valence-electron chi connectivity index (χ4n) is 3.08. The van der Waals surface area contributed by atoms with E-state index in [9.17, 15) is 4.79 Å². The van der Waals surface area contributed by atoms with Crippen molar-refractivity contribution in [1.82, 2.24) is 0 Å². The van der Waals surface area contributed by atoms with Gasteiger partial charge in [0.15, 0.2) is 0 Å². The molecule has 4 nitrogen and oxygen atoms in total. The lowest BCUT2D eigenvalue weighted by Crippen LogP contribution is -2.09. The first kappa shape index (κ1) is 20.2. The molecule has 0 heterocycles. The van der Waals surface area contributed by atoms with Crippen molar-refractivity contribution in [2.24, 2.45) is 0 Å². The molecule has 0 spiro atoms. The first-order valence-electron chi connectivity index (χ1n) is 9.66. The van der Waals surface area contributed by atoms with Crippen LogP contribution in [0.2, 0.25) is 0 Å². The van der Waals surface area contributed by atoms with Gasteiger partial charge in [-0.2, -0.15) is 0 Å². The molecule has 3 rings (SSSR count). The molecule has 0 fully saturated rings. The molecule has 0 aliphatic carbocycles. The summed E-state index contributed by atoms with van der Waals surface area (Å²) in [6, 6.07) is 19.7. The number of hydrogen-bond acceptors (Lipinski definition) is 3. The topological polar surface area (TPSA) is 67.2 Å². The van der Waals surface area contributed by atoms with Crippen LogP contribution in [0.3, 0.4) is 0 Å². The highest BCUT2D eigenvalue weighted by Gasteiger charge is 2.03. The molecule has 3 aromatic rings. The summed E-state index contributed by atoms with van der Waals surface area (Å²) in [7, 11) is 0. The van der Waals surface area contributed by atoms with Gasteiger partial charge in [0.25, 0.3) is 0 Å². The molecule has 0 saturated heterocycles. The van der Waals surface area contributed by atoms with Crippen molar-refractivity contribution in [2.45, 2.75) is 27.3 Å². The maximum absolute atomic E-state index is 12.1. The van der Waals surface area contributed by atoms with Gasteiger partial charge in [0, 0.05) is 18.3 Å². The number of hydrogen-bond donors (Lipinski definition) is 3. The number of para-hydroxylation sites is 2. The molecule has 4 heteroatoms. The minimum Gasteiger partial charge on any atom is -0.397 e. The van der Waals surface area contributed by atoms with Crippen molar-refractivity contribution in [3.63, 3.8) is 0 Å². The Hall–Kier alpha value is -3.53. The third-order valence-electron chi connectivity index (χ3n) is 4.99. The number of carbonyl (C=O) groups excluding carboxylic acids is 1. The lowest BCUT2D eigenvalue weighted by Gasteiger charge is -2.12. The highest BCUT2D eigenvalue weighted by molar-refractivity contribution is 6.03. The first-order chi connectivity index (χ1) is 13.9. The Labute approximate surface area is 172 Å². The molecule has 0 aliphatic rings. The van der Waals surface area contributed by atoms with Crippen LogP contribution in [0.15, 0.2) is 66.7 Å². The predicted octanol–water partition coefficient (Wildman–Crippen LogP) is 5.46. The zero-order valence-corrected chi connectivity index (χ0v) is 17.1. The second-order valence-electron chi connectivity index (χ2n) is 7.25. The van der Waals surface area contributed by atoms with Gasteiger partial charge in [0.1, 0.15) is 0 Å². The summed E-state index contributed by atoms with van der Waals surface area (Å²) in [6.07, 6.45) is 3.29. The minimum absolute atomic E-state index is 0.213. The molecular formula is C25H27N3O. The smallest absolute Gasteiger partial charge is 0.248 e. The van der Waals surface area contributed by atoms with E-state index in [2.05, 4.69) is 43.5 Å². The van der Waals surface area contributed by atoms with Crippen molar-refractivity contribution >= 4 is 29.0 Å². The first-order valence-corrected chi connectivity index (χ1v) is 9.66. The van der Waals surface area contributed by atoms with Crippen LogP contribution in [0.5, 0.6) is 0 Å². The molecule has 0 aromatic heterocycles. The minimum atomic E-state index is -0.213. The van der Waals surface area contributed by atoms with E-state index in [0.717, 1.165) is 17.8 Å². The average molecular weight is 386 g/mol. The average Bonchev–Trinajstić information content (AvgIpc) is 2.71. The molecule has 0 unspecified atom stereocenters. The molecule has 3 aromatic carbocycles. The number of benzene rings is 3. The van der Waals surface area contributed by atoms with Gasteiger partial charge in [-0.05, 0) is 78.9 Å².